The second-order valence-corrected chi connectivity index (χ2v) is 3.64. The van der Waals surface area contributed by atoms with Gasteiger partial charge in [0, 0.05) is 24.0 Å². The first kappa shape index (κ1) is 10.3. The summed E-state index contributed by atoms with van der Waals surface area (Å²) in [5.41, 5.74) is 1.98. The molecule has 0 N–H and O–H groups in total. The highest BCUT2D eigenvalue weighted by atomic mass is 16.6. The molecule has 0 unspecified atom stereocenters. The number of rotatable bonds is 2. The fraction of sp³-hybridized carbons (Fsp3) is 0. The van der Waals surface area contributed by atoms with E-state index < -0.39 is 4.92 Å². The van der Waals surface area contributed by atoms with E-state index >= 15 is 0 Å². The summed E-state index contributed by atoms with van der Waals surface area (Å²) in [4.78, 5) is 18.1. The summed E-state index contributed by atoms with van der Waals surface area (Å²) in [6.07, 6.45) is 5.89. The molecule has 7 nitrogen and oxygen atoms in total. The lowest BCUT2D eigenvalue weighted by molar-refractivity contribution is -0.385. The molecule has 0 fully saturated rings. The Morgan fingerprint density at radius 1 is 1.33 bits per heavy atom. The number of nitro groups is 1. The van der Waals surface area contributed by atoms with Gasteiger partial charge in [0.2, 0.25) is 0 Å². The van der Waals surface area contributed by atoms with Crippen LogP contribution in [0.2, 0.25) is 0 Å². The Labute approximate surface area is 101 Å². The van der Waals surface area contributed by atoms with E-state index in [1.165, 1.54) is 16.9 Å². The maximum absolute atomic E-state index is 10.6. The summed E-state index contributed by atoms with van der Waals surface area (Å²) in [5.74, 6) is 0. The SMILES string of the molecule is O=[N+]([O-])c1cnc2cc(-c3cccnc3)nn2c1. The molecule has 0 amide bonds. The second kappa shape index (κ2) is 3.88. The number of hydrogen-bond acceptors (Lipinski definition) is 5. The van der Waals surface area contributed by atoms with Crippen molar-refractivity contribution in [3.05, 3.63) is 53.1 Å². The Hall–Kier alpha value is -2.83. The zero-order valence-electron chi connectivity index (χ0n) is 9.09. The number of aromatic nitrogens is 4. The van der Waals surface area contributed by atoms with E-state index in [0.29, 0.717) is 11.3 Å². The third-order valence-electron chi connectivity index (χ3n) is 2.47. The summed E-state index contributed by atoms with van der Waals surface area (Å²) in [7, 11) is 0. The highest BCUT2D eigenvalue weighted by molar-refractivity contribution is 5.63. The monoisotopic (exact) mass is 241 g/mol. The van der Waals surface area contributed by atoms with Crippen LogP contribution in [0.4, 0.5) is 5.69 Å². The van der Waals surface area contributed by atoms with E-state index in [1.807, 2.05) is 6.07 Å². The third-order valence-corrected chi connectivity index (χ3v) is 2.47. The van der Waals surface area contributed by atoms with Gasteiger partial charge in [-0.15, -0.1) is 0 Å². The molecular weight excluding hydrogens is 234 g/mol. The van der Waals surface area contributed by atoms with E-state index in [9.17, 15) is 10.1 Å². The third kappa shape index (κ3) is 1.67. The number of nitrogens with zero attached hydrogens (tertiary/aromatic N) is 5. The van der Waals surface area contributed by atoms with E-state index in [4.69, 9.17) is 0 Å². The Morgan fingerprint density at radius 2 is 2.22 bits per heavy atom. The molecule has 0 aliphatic carbocycles. The molecule has 0 atom stereocenters. The van der Waals surface area contributed by atoms with Crippen molar-refractivity contribution in [3.63, 3.8) is 0 Å². The normalized spacial score (nSPS) is 10.7. The van der Waals surface area contributed by atoms with Crippen LogP contribution >= 0.6 is 0 Å². The minimum absolute atomic E-state index is 0.0941. The molecule has 88 valence electrons. The van der Waals surface area contributed by atoms with Crippen LogP contribution in [0.5, 0.6) is 0 Å². The summed E-state index contributed by atoms with van der Waals surface area (Å²) in [5, 5.41) is 14.9. The fourth-order valence-electron chi connectivity index (χ4n) is 1.62. The van der Waals surface area contributed by atoms with Gasteiger partial charge in [-0.3, -0.25) is 15.1 Å². The van der Waals surface area contributed by atoms with E-state index in [1.54, 1.807) is 24.5 Å². The van der Waals surface area contributed by atoms with Crippen molar-refractivity contribution in [2.75, 3.05) is 0 Å². The minimum Gasteiger partial charge on any atom is -0.264 e. The van der Waals surface area contributed by atoms with Gasteiger partial charge >= 0.3 is 5.69 Å². The van der Waals surface area contributed by atoms with Crippen LogP contribution in [0, 0.1) is 10.1 Å². The highest BCUT2D eigenvalue weighted by Crippen LogP contribution is 2.18. The van der Waals surface area contributed by atoms with Gasteiger partial charge in [-0.2, -0.15) is 5.10 Å². The smallest absolute Gasteiger partial charge is 0.264 e. The molecule has 0 aliphatic rings. The van der Waals surface area contributed by atoms with Crippen LogP contribution in [0.3, 0.4) is 0 Å². The molecule has 0 aliphatic heterocycles. The lowest BCUT2D eigenvalue weighted by Crippen LogP contribution is -1.95. The molecule has 0 saturated carbocycles. The predicted octanol–water partition coefficient (Wildman–Crippen LogP) is 1.70. The first-order valence-electron chi connectivity index (χ1n) is 5.14. The van der Waals surface area contributed by atoms with Gasteiger partial charge in [0.15, 0.2) is 5.65 Å². The van der Waals surface area contributed by atoms with Crippen molar-refractivity contribution in [2.24, 2.45) is 0 Å². The number of hydrogen-bond donors (Lipinski definition) is 0. The van der Waals surface area contributed by atoms with Gasteiger partial charge in [0.1, 0.15) is 12.4 Å². The predicted molar refractivity (Wildman–Crippen MR) is 62.9 cm³/mol. The first-order valence-corrected chi connectivity index (χ1v) is 5.14. The molecule has 0 aromatic carbocycles. The molecule has 3 aromatic heterocycles. The maximum atomic E-state index is 10.6. The van der Waals surface area contributed by atoms with Crippen molar-refractivity contribution in [1.82, 2.24) is 19.6 Å². The van der Waals surface area contributed by atoms with Crippen LogP contribution < -0.4 is 0 Å². The van der Waals surface area contributed by atoms with Gasteiger partial charge in [0.25, 0.3) is 0 Å². The van der Waals surface area contributed by atoms with Crippen LogP contribution in [-0.2, 0) is 0 Å². The molecule has 3 aromatic rings. The Bertz CT molecular complexity index is 723. The molecule has 0 spiro atoms. The Morgan fingerprint density at radius 3 is 2.94 bits per heavy atom. The molecule has 3 heterocycles. The van der Waals surface area contributed by atoms with Gasteiger partial charge in [-0.1, -0.05) is 0 Å². The Balaban J connectivity index is 2.14. The molecule has 18 heavy (non-hydrogen) atoms. The molecule has 3 rings (SSSR count). The second-order valence-electron chi connectivity index (χ2n) is 3.64. The zero-order chi connectivity index (χ0) is 12.5. The lowest BCUT2D eigenvalue weighted by Gasteiger charge is -1.93. The standard InChI is InChI=1S/C11H7N5O2/c17-16(18)9-6-13-11-4-10(14-15(11)7-9)8-2-1-3-12-5-8/h1-7H. The summed E-state index contributed by atoms with van der Waals surface area (Å²) >= 11 is 0. The van der Waals surface area contributed by atoms with Gasteiger partial charge in [-0.25, -0.2) is 9.50 Å². The average molecular weight is 241 g/mol. The average Bonchev–Trinajstić information content (AvgIpc) is 2.82. The highest BCUT2D eigenvalue weighted by Gasteiger charge is 2.10. The molecule has 0 saturated heterocycles. The van der Waals surface area contributed by atoms with Crippen LogP contribution in [0.1, 0.15) is 0 Å². The Kier molecular flexibility index (Phi) is 2.23. The van der Waals surface area contributed by atoms with Crippen molar-refractivity contribution < 1.29 is 4.92 Å². The summed E-state index contributed by atoms with van der Waals surface area (Å²) < 4.78 is 1.39. The van der Waals surface area contributed by atoms with E-state index in [2.05, 4.69) is 15.1 Å². The van der Waals surface area contributed by atoms with Crippen molar-refractivity contribution in [3.8, 4) is 11.3 Å². The van der Waals surface area contributed by atoms with Gasteiger partial charge in [-0.05, 0) is 12.1 Å². The quantitative estimate of drug-likeness (QED) is 0.503. The topological polar surface area (TPSA) is 86.2 Å². The van der Waals surface area contributed by atoms with Crippen LogP contribution in [0.15, 0.2) is 43.0 Å². The van der Waals surface area contributed by atoms with Crippen molar-refractivity contribution in [2.45, 2.75) is 0 Å². The zero-order valence-corrected chi connectivity index (χ0v) is 9.09. The van der Waals surface area contributed by atoms with E-state index in [-0.39, 0.29) is 5.69 Å². The molecule has 7 heteroatoms. The molecule has 0 bridgehead atoms. The summed E-state index contributed by atoms with van der Waals surface area (Å²) in [6.45, 7) is 0. The van der Waals surface area contributed by atoms with E-state index in [0.717, 1.165) is 5.56 Å². The first-order chi connectivity index (χ1) is 8.74. The fourth-order valence-corrected chi connectivity index (χ4v) is 1.62. The van der Waals surface area contributed by atoms with Gasteiger partial charge in [0.05, 0.1) is 10.6 Å². The lowest BCUT2D eigenvalue weighted by atomic mass is 10.2. The largest absolute Gasteiger partial charge is 0.305 e. The minimum atomic E-state index is -0.502. The van der Waals surface area contributed by atoms with Crippen LogP contribution in [0.25, 0.3) is 16.9 Å². The van der Waals surface area contributed by atoms with Crippen LogP contribution in [-0.4, -0.2) is 24.5 Å². The molecule has 0 radical (unpaired) electrons. The maximum Gasteiger partial charge on any atom is 0.305 e. The van der Waals surface area contributed by atoms with Crippen molar-refractivity contribution >= 4 is 11.3 Å². The van der Waals surface area contributed by atoms with Crippen molar-refractivity contribution in [1.29, 1.82) is 0 Å². The number of pyridine rings is 1. The molecular formula is C11H7N5O2. The number of fused-ring (bicyclic) bond motifs is 1. The summed E-state index contributed by atoms with van der Waals surface area (Å²) in [6, 6.07) is 5.42. The van der Waals surface area contributed by atoms with Gasteiger partial charge < -0.3 is 0 Å².